The van der Waals surface area contributed by atoms with Gasteiger partial charge in [0, 0.05) is 23.6 Å². The highest BCUT2D eigenvalue weighted by Crippen LogP contribution is 2.29. The lowest BCUT2D eigenvalue weighted by Crippen LogP contribution is -2.13. The number of pyridine rings is 1. The van der Waals surface area contributed by atoms with Crippen LogP contribution >= 0.6 is 0 Å². The molecule has 1 amide bonds. The van der Waals surface area contributed by atoms with Gasteiger partial charge in [0.1, 0.15) is 0 Å². The Kier molecular flexibility index (Phi) is 4.94. The van der Waals surface area contributed by atoms with Crippen LogP contribution < -0.4 is 5.32 Å². The SMILES string of the molecule is Cc1cnccc1C(=O)Nc1ccc(-c2ccccc2C(C)C)cc1. The van der Waals surface area contributed by atoms with Crippen molar-refractivity contribution >= 4 is 11.6 Å². The number of nitrogens with one attached hydrogen (secondary N) is 1. The summed E-state index contributed by atoms with van der Waals surface area (Å²) in [5.74, 6) is 0.348. The first-order valence-electron chi connectivity index (χ1n) is 8.47. The molecule has 0 aliphatic rings. The van der Waals surface area contributed by atoms with Gasteiger partial charge < -0.3 is 5.32 Å². The summed E-state index contributed by atoms with van der Waals surface area (Å²) in [6.07, 6.45) is 3.33. The molecule has 126 valence electrons. The summed E-state index contributed by atoms with van der Waals surface area (Å²) in [4.78, 5) is 16.4. The fourth-order valence-corrected chi connectivity index (χ4v) is 2.92. The highest BCUT2D eigenvalue weighted by atomic mass is 16.1. The van der Waals surface area contributed by atoms with Crippen molar-refractivity contribution in [1.29, 1.82) is 0 Å². The number of aryl methyl sites for hydroxylation is 1. The molecule has 0 aliphatic heterocycles. The summed E-state index contributed by atoms with van der Waals surface area (Å²) in [5, 5.41) is 2.95. The Morgan fingerprint density at radius 3 is 2.40 bits per heavy atom. The molecule has 1 N–H and O–H groups in total. The van der Waals surface area contributed by atoms with Crippen molar-refractivity contribution in [2.24, 2.45) is 0 Å². The van der Waals surface area contributed by atoms with E-state index in [1.165, 1.54) is 11.1 Å². The van der Waals surface area contributed by atoms with Gasteiger partial charge in [-0.05, 0) is 53.3 Å². The van der Waals surface area contributed by atoms with Gasteiger partial charge in [-0.15, -0.1) is 0 Å². The molecule has 0 spiro atoms. The van der Waals surface area contributed by atoms with Crippen molar-refractivity contribution in [1.82, 2.24) is 4.98 Å². The van der Waals surface area contributed by atoms with Gasteiger partial charge in [0.15, 0.2) is 0 Å². The standard InChI is InChI=1S/C22H22N2O/c1-15(2)19-6-4-5-7-21(19)17-8-10-18(11-9-17)24-22(25)20-12-13-23-14-16(20)3/h4-15H,1-3H3,(H,24,25). The maximum atomic E-state index is 12.4. The zero-order chi connectivity index (χ0) is 17.8. The van der Waals surface area contributed by atoms with E-state index in [-0.39, 0.29) is 5.91 Å². The Balaban J connectivity index is 1.82. The molecule has 0 unspecified atom stereocenters. The van der Waals surface area contributed by atoms with E-state index in [0.29, 0.717) is 11.5 Å². The van der Waals surface area contributed by atoms with E-state index in [0.717, 1.165) is 16.8 Å². The Morgan fingerprint density at radius 1 is 1.00 bits per heavy atom. The number of amides is 1. The third-order valence-corrected chi connectivity index (χ3v) is 4.30. The quantitative estimate of drug-likeness (QED) is 0.693. The van der Waals surface area contributed by atoms with Gasteiger partial charge in [0.2, 0.25) is 0 Å². The third kappa shape index (κ3) is 3.77. The van der Waals surface area contributed by atoms with Gasteiger partial charge in [-0.3, -0.25) is 9.78 Å². The number of anilines is 1. The van der Waals surface area contributed by atoms with E-state index in [1.54, 1.807) is 18.5 Å². The monoisotopic (exact) mass is 330 g/mol. The summed E-state index contributed by atoms with van der Waals surface area (Å²) < 4.78 is 0. The lowest BCUT2D eigenvalue weighted by molar-refractivity contribution is 0.102. The molecule has 3 nitrogen and oxygen atoms in total. The zero-order valence-corrected chi connectivity index (χ0v) is 14.8. The number of rotatable bonds is 4. The van der Waals surface area contributed by atoms with Crippen LogP contribution in [0.25, 0.3) is 11.1 Å². The second-order valence-corrected chi connectivity index (χ2v) is 6.46. The minimum absolute atomic E-state index is 0.116. The fraction of sp³-hybridized carbons (Fsp3) is 0.182. The van der Waals surface area contributed by atoms with E-state index in [9.17, 15) is 4.79 Å². The van der Waals surface area contributed by atoms with E-state index in [2.05, 4.69) is 60.5 Å². The molecular formula is C22H22N2O. The molecule has 1 heterocycles. The molecule has 1 aromatic heterocycles. The highest BCUT2D eigenvalue weighted by molar-refractivity contribution is 6.05. The van der Waals surface area contributed by atoms with Crippen LogP contribution in [0, 0.1) is 6.92 Å². The second-order valence-electron chi connectivity index (χ2n) is 6.46. The first-order valence-corrected chi connectivity index (χ1v) is 8.47. The van der Waals surface area contributed by atoms with Crippen LogP contribution in [0.3, 0.4) is 0 Å². The molecular weight excluding hydrogens is 308 g/mol. The minimum atomic E-state index is -0.116. The predicted octanol–water partition coefficient (Wildman–Crippen LogP) is 5.43. The fourth-order valence-electron chi connectivity index (χ4n) is 2.92. The summed E-state index contributed by atoms with van der Waals surface area (Å²) in [6, 6.07) is 18.2. The molecule has 25 heavy (non-hydrogen) atoms. The summed E-state index contributed by atoms with van der Waals surface area (Å²) in [6.45, 7) is 6.28. The molecule has 0 bridgehead atoms. The average Bonchev–Trinajstić information content (AvgIpc) is 2.62. The molecule has 0 radical (unpaired) electrons. The number of aromatic nitrogens is 1. The number of hydrogen-bond donors (Lipinski definition) is 1. The van der Waals surface area contributed by atoms with Crippen LogP contribution in [0.15, 0.2) is 67.0 Å². The van der Waals surface area contributed by atoms with Crippen LogP contribution in [0.2, 0.25) is 0 Å². The van der Waals surface area contributed by atoms with Gasteiger partial charge in [0.05, 0.1) is 0 Å². The second kappa shape index (κ2) is 7.31. The van der Waals surface area contributed by atoms with Crippen molar-refractivity contribution < 1.29 is 4.79 Å². The molecule has 0 fully saturated rings. The number of carbonyl (C=O) groups is 1. The lowest BCUT2D eigenvalue weighted by atomic mass is 9.92. The lowest BCUT2D eigenvalue weighted by Gasteiger charge is -2.13. The van der Waals surface area contributed by atoms with E-state index in [1.807, 2.05) is 19.1 Å². The topological polar surface area (TPSA) is 42.0 Å². The molecule has 3 aromatic rings. The van der Waals surface area contributed by atoms with Crippen molar-refractivity contribution in [2.75, 3.05) is 5.32 Å². The van der Waals surface area contributed by atoms with E-state index in [4.69, 9.17) is 0 Å². The zero-order valence-electron chi connectivity index (χ0n) is 14.8. The van der Waals surface area contributed by atoms with Crippen LogP contribution in [0.5, 0.6) is 0 Å². The minimum Gasteiger partial charge on any atom is -0.322 e. The number of benzene rings is 2. The van der Waals surface area contributed by atoms with Crippen molar-refractivity contribution in [2.45, 2.75) is 26.7 Å². The Labute approximate surface area is 148 Å². The maximum absolute atomic E-state index is 12.4. The predicted molar refractivity (Wildman–Crippen MR) is 103 cm³/mol. The van der Waals surface area contributed by atoms with Crippen LogP contribution in [-0.2, 0) is 0 Å². The maximum Gasteiger partial charge on any atom is 0.256 e. The van der Waals surface area contributed by atoms with E-state index >= 15 is 0 Å². The Morgan fingerprint density at radius 2 is 1.72 bits per heavy atom. The number of nitrogens with zero attached hydrogens (tertiary/aromatic N) is 1. The van der Waals surface area contributed by atoms with Crippen molar-refractivity contribution in [3.8, 4) is 11.1 Å². The summed E-state index contributed by atoms with van der Waals surface area (Å²) >= 11 is 0. The van der Waals surface area contributed by atoms with Crippen molar-refractivity contribution in [3.63, 3.8) is 0 Å². The third-order valence-electron chi connectivity index (χ3n) is 4.30. The van der Waals surface area contributed by atoms with Gasteiger partial charge in [-0.25, -0.2) is 0 Å². The van der Waals surface area contributed by atoms with Gasteiger partial charge in [-0.2, -0.15) is 0 Å². The molecule has 2 aromatic carbocycles. The summed E-state index contributed by atoms with van der Waals surface area (Å²) in [7, 11) is 0. The van der Waals surface area contributed by atoms with Crippen LogP contribution in [0.4, 0.5) is 5.69 Å². The van der Waals surface area contributed by atoms with Crippen LogP contribution in [-0.4, -0.2) is 10.9 Å². The van der Waals surface area contributed by atoms with Crippen molar-refractivity contribution in [3.05, 3.63) is 83.7 Å². The molecule has 0 saturated carbocycles. The number of hydrogen-bond acceptors (Lipinski definition) is 2. The van der Waals surface area contributed by atoms with Gasteiger partial charge >= 0.3 is 0 Å². The normalized spacial score (nSPS) is 10.7. The first kappa shape index (κ1) is 16.9. The van der Waals surface area contributed by atoms with E-state index < -0.39 is 0 Å². The number of carbonyl (C=O) groups excluding carboxylic acids is 1. The Bertz CT molecular complexity index is 883. The average molecular weight is 330 g/mol. The molecule has 3 rings (SSSR count). The molecule has 0 atom stereocenters. The van der Waals surface area contributed by atoms with Crippen LogP contribution in [0.1, 0.15) is 41.3 Å². The van der Waals surface area contributed by atoms with Gasteiger partial charge in [0.25, 0.3) is 5.91 Å². The molecule has 3 heteroatoms. The first-order chi connectivity index (χ1) is 12.1. The Hall–Kier alpha value is -2.94. The summed E-state index contributed by atoms with van der Waals surface area (Å²) in [5.41, 5.74) is 6.01. The molecule has 0 saturated heterocycles. The largest absolute Gasteiger partial charge is 0.322 e. The molecule has 0 aliphatic carbocycles. The highest BCUT2D eigenvalue weighted by Gasteiger charge is 2.10. The van der Waals surface area contributed by atoms with Gasteiger partial charge in [-0.1, -0.05) is 50.2 Å². The smallest absolute Gasteiger partial charge is 0.256 e.